The molecular weight excluding hydrogens is 180 g/mol. The van der Waals surface area contributed by atoms with Crippen molar-refractivity contribution < 1.29 is 14.8 Å². The van der Waals surface area contributed by atoms with E-state index in [1.165, 1.54) is 6.08 Å². The Hall–Kier alpha value is -1.66. The average molecular weight is 188 g/mol. The molecule has 13 heavy (non-hydrogen) atoms. The topological polar surface area (TPSA) is 95.5 Å². The van der Waals surface area contributed by atoms with Gasteiger partial charge in [0.1, 0.15) is 0 Å². The summed E-state index contributed by atoms with van der Waals surface area (Å²) in [5, 5.41) is 19.4. The van der Waals surface area contributed by atoms with Crippen molar-refractivity contribution in [3.05, 3.63) is 32.4 Å². The lowest BCUT2D eigenvalue weighted by Gasteiger charge is -2.18. The molecule has 0 bridgehead atoms. The van der Waals surface area contributed by atoms with Gasteiger partial charge >= 0.3 is 0 Å². The molecule has 0 aliphatic heterocycles. The van der Waals surface area contributed by atoms with Gasteiger partial charge in [-0.05, 0) is 6.42 Å². The second-order valence-corrected chi connectivity index (χ2v) is 2.65. The zero-order valence-electron chi connectivity index (χ0n) is 6.66. The fraction of sp³-hybridized carbons (Fsp3) is 0.667. The molecule has 0 amide bonds. The molecule has 7 heteroatoms. The molecule has 1 aliphatic rings. The zero-order chi connectivity index (χ0) is 9.84. The lowest BCUT2D eigenvalue weighted by Crippen LogP contribution is -2.37. The quantitative estimate of drug-likeness (QED) is 0.366. The Balaban J connectivity index is 2.66. The second-order valence-electron chi connectivity index (χ2n) is 2.65. The van der Waals surface area contributed by atoms with Gasteiger partial charge in [-0.3, -0.25) is 15.0 Å². The van der Waals surface area contributed by atoms with E-state index in [-0.39, 0.29) is 6.42 Å². The number of rotatable bonds is 3. The van der Waals surface area contributed by atoms with Crippen LogP contribution in [0, 0.1) is 20.2 Å². The lowest BCUT2D eigenvalue weighted by atomic mass is 10.00. The van der Waals surface area contributed by atoms with Crippen molar-refractivity contribution in [3.63, 3.8) is 0 Å². The molecule has 2 unspecified atom stereocenters. The highest BCUT2D eigenvalue weighted by molar-refractivity contribution is 4.98. The standard InChI is InChI=1S/C6H8N2O5/c9-7(10)5-3-1-2-4-6(5)13-8(11)12/h2,4-6H,1,3H2. The molecule has 7 nitrogen and oxygen atoms in total. The van der Waals surface area contributed by atoms with Gasteiger partial charge in [-0.25, -0.2) is 0 Å². The summed E-state index contributed by atoms with van der Waals surface area (Å²) < 4.78 is 0. The molecule has 0 radical (unpaired) electrons. The second kappa shape index (κ2) is 3.83. The predicted octanol–water partition coefficient (Wildman–Crippen LogP) is 0.559. The van der Waals surface area contributed by atoms with E-state index in [9.17, 15) is 20.2 Å². The average Bonchev–Trinajstić information content (AvgIpc) is 2.03. The number of nitrogens with zero attached hydrogens (tertiary/aromatic N) is 2. The van der Waals surface area contributed by atoms with E-state index < -0.39 is 22.2 Å². The minimum atomic E-state index is -1.04. The Morgan fingerprint density at radius 1 is 1.38 bits per heavy atom. The molecule has 0 aromatic heterocycles. The summed E-state index contributed by atoms with van der Waals surface area (Å²) in [7, 11) is 0. The first-order chi connectivity index (χ1) is 6.11. The van der Waals surface area contributed by atoms with E-state index in [0.717, 1.165) is 0 Å². The largest absolute Gasteiger partial charge is 0.299 e. The molecule has 0 saturated heterocycles. The van der Waals surface area contributed by atoms with Gasteiger partial charge in [-0.2, -0.15) is 0 Å². The lowest BCUT2D eigenvalue weighted by molar-refractivity contribution is -0.774. The maximum Gasteiger partial charge on any atom is 0.295 e. The van der Waals surface area contributed by atoms with Gasteiger partial charge in [0.25, 0.3) is 5.09 Å². The minimum absolute atomic E-state index is 0.280. The molecule has 0 fully saturated rings. The van der Waals surface area contributed by atoms with Crippen molar-refractivity contribution in [1.82, 2.24) is 0 Å². The SMILES string of the molecule is O=[N+]([O-])OC1C=CCCC1[N+](=O)[O-]. The van der Waals surface area contributed by atoms with E-state index in [2.05, 4.69) is 4.84 Å². The third-order valence-corrected chi connectivity index (χ3v) is 1.81. The molecule has 0 aromatic carbocycles. The van der Waals surface area contributed by atoms with Crippen molar-refractivity contribution in [1.29, 1.82) is 0 Å². The fourth-order valence-corrected chi connectivity index (χ4v) is 1.22. The van der Waals surface area contributed by atoms with Crippen LogP contribution in [0.4, 0.5) is 0 Å². The van der Waals surface area contributed by atoms with Crippen LogP contribution >= 0.6 is 0 Å². The highest BCUT2D eigenvalue weighted by atomic mass is 17.0. The smallest absolute Gasteiger partial charge is 0.295 e. The van der Waals surface area contributed by atoms with Crippen LogP contribution in [-0.2, 0) is 4.84 Å². The van der Waals surface area contributed by atoms with Crippen molar-refractivity contribution in [2.75, 3.05) is 0 Å². The molecule has 72 valence electrons. The highest BCUT2D eigenvalue weighted by Crippen LogP contribution is 2.17. The van der Waals surface area contributed by atoms with Gasteiger partial charge in [0.15, 0.2) is 6.10 Å². The Bertz CT molecular complexity index is 251. The van der Waals surface area contributed by atoms with Crippen LogP contribution in [0.1, 0.15) is 12.8 Å². The Morgan fingerprint density at radius 2 is 2.08 bits per heavy atom. The van der Waals surface area contributed by atoms with Crippen LogP contribution in [0.2, 0.25) is 0 Å². The maximum absolute atomic E-state index is 10.4. The molecule has 1 aliphatic carbocycles. The molecule has 1 rings (SSSR count). The van der Waals surface area contributed by atoms with Gasteiger partial charge in [-0.1, -0.05) is 12.2 Å². The number of hydrogen-bond donors (Lipinski definition) is 0. The summed E-state index contributed by atoms with van der Waals surface area (Å²) >= 11 is 0. The Labute approximate surface area is 73.2 Å². The van der Waals surface area contributed by atoms with E-state index >= 15 is 0 Å². The van der Waals surface area contributed by atoms with Crippen LogP contribution < -0.4 is 0 Å². The van der Waals surface area contributed by atoms with Gasteiger partial charge in [-0.15, -0.1) is 10.1 Å². The van der Waals surface area contributed by atoms with E-state index in [0.29, 0.717) is 6.42 Å². The van der Waals surface area contributed by atoms with Crippen LogP contribution in [0.3, 0.4) is 0 Å². The van der Waals surface area contributed by atoms with Gasteiger partial charge in [0.05, 0.1) is 0 Å². The normalized spacial score (nSPS) is 26.8. The fourth-order valence-electron chi connectivity index (χ4n) is 1.22. The Morgan fingerprint density at radius 3 is 2.62 bits per heavy atom. The molecule has 0 aromatic rings. The predicted molar refractivity (Wildman–Crippen MR) is 41.0 cm³/mol. The molecular formula is C6H8N2O5. The number of hydrogen-bond acceptors (Lipinski definition) is 5. The van der Waals surface area contributed by atoms with Crippen LogP contribution in [-0.4, -0.2) is 22.2 Å². The van der Waals surface area contributed by atoms with E-state index in [1.807, 2.05) is 0 Å². The van der Waals surface area contributed by atoms with Crippen LogP contribution in [0.15, 0.2) is 12.2 Å². The first kappa shape index (κ1) is 9.43. The van der Waals surface area contributed by atoms with Crippen molar-refractivity contribution in [3.8, 4) is 0 Å². The maximum atomic E-state index is 10.4. The van der Waals surface area contributed by atoms with Crippen molar-refractivity contribution in [2.45, 2.75) is 25.0 Å². The molecule has 0 spiro atoms. The summed E-state index contributed by atoms with van der Waals surface area (Å²) in [4.78, 5) is 24.0. The molecule has 2 atom stereocenters. The van der Waals surface area contributed by atoms with Crippen LogP contribution in [0.25, 0.3) is 0 Å². The van der Waals surface area contributed by atoms with Crippen LogP contribution in [0.5, 0.6) is 0 Å². The number of nitro groups is 1. The summed E-state index contributed by atoms with van der Waals surface area (Å²) in [5.41, 5.74) is 0. The van der Waals surface area contributed by atoms with Gasteiger partial charge in [0.2, 0.25) is 6.04 Å². The minimum Gasteiger partial charge on any atom is -0.299 e. The third-order valence-electron chi connectivity index (χ3n) is 1.81. The first-order valence-corrected chi connectivity index (χ1v) is 3.72. The summed E-state index contributed by atoms with van der Waals surface area (Å²) in [5.74, 6) is 0. The molecule has 0 saturated carbocycles. The zero-order valence-corrected chi connectivity index (χ0v) is 6.66. The monoisotopic (exact) mass is 188 g/mol. The van der Waals surface area contributed by atoms with E-state index in [4.69, 9.17) is 0 Å². The third kappa shape index (κ3) is 2.39. The summed E-state index contributed by atoms with van der Waals surface area (Å²) in [6.45, 7) is 0. The molecule has 0 N–H and O–H groups in total. The van der Waals surface area contributed by atoms with Gasteiger partial charge in [0, 0.05) is 11.3 Å². The van der Waals surface area contributed by atoms with Crippen molar-refractivity contribution in [2.24, 2.45) is 0 Å². The first-order valence-electron chi connectivity index (χ1n) is 3.72. The van der Waals surface area contributed by atoms with Crippen molar-refractivity contribution >= 4 is 0 Å². The summed E-state index contributed by atoms with van der Waals surface area (Å²) in [6.07, 6.45) is 2.80. The highest BCUT2D eigenvalue weighted by Gasteiger charge is 2.33. The van der Waals surface area contributed by atoms with E-state index in [1.54, 1.807) is 6.08 Å². The van der Waals surface area contributed by atoms with Gasteiger partial charge < -0.3 is 0 Å². The Kier molecular flexibility index (Phi) is 2.78. The summed E-state index contributed by atoms with van der Waals surface area (Å²) in [6, 6.07) is -1.00. The molecule has 0 heterocycles. The number of allylic oxidation sites excluding steroid dienone is 1.